The number of amidine groups is 1. The van der Waals surface area contributed by atoms with Crippen molar-refractivity contribution in [1.29, 1.82) is 5.41 Å². The molecule has 19 heavy (non-hydrogen) atoms. The monoisotopic (exact) mass is 264 g/mol. The quantitative estimate of drug-likeness (QED) is 0.583. The topological polar surface area (TPSA) is 75.2 Å². The second-order valence-corrected chi connectivity index (χ2v) is 4.98. The molecular weight excluding hydrogens is 240 g/mol. The highest BCUT2D eigenvalue weighted by molar-refractivity contribution is 5.76. The molecule has 1 rings (SSSR count). The highest BCUT2D eigenvalue weighted by atomic mass is 16.5. The highest BCUT2D eigenvalue weighted by Crippen LogP contribution is 2.15. The van der Waals surface area contributed by atoms with Crippen LogP contribution in [0.3, 0.4) is 0 Å². The van der Waals surface area contributed by atoms with Crippen LogP contribution in [0.15, 0.2) is 12.1 Å². The maximum atomic E-state index is 7.32. The van der Waals surface area contributed by atoms with Crippen LogP contribution < -0.4 is 10.5 Å². The number of methoxy groups -OCH3 is 1. The summed E-state index contributed by atoms with van der Waals surface area (Å²) < 4.78 is 5.26. The summed E-state index contributed by atoms with van der Waals surface area (Å²) >= 11 is 0. The molecule has 106 valence electrons. The van der Waals surface area contributed by atoms with Crippen molar-refractivity contribution in [3.63, 3.8) is 0 Å². The summed E-state index contributed by atoms with van der Waals surface area (Å²) in [7, 11) is 1.66. The highest BCUT2D eigenvalue weighted by Gasteiger charge is 2.12. The molecule has 0 radical (unpaired) electrons. The third-order valence-corrected chi connectivity index (χ3v) is 2.98. The van der Waals surface area contributed by atoms with Crippen LogP contribution in [0.1, 0.15) is 31.7 Å². The van der Waals surface area contributed by atoms with Crippen LogP contribution in [-0.2, 0) is 6.54 Å². The lowest BCUT2D eigenvalue weighted by atomic mass is 10.2. The van der Waals surface area contributed by atoms with E-state index in [-0.39, 0.29) is 5.84 Å². The first-order valence-electron chi connectivity index (χ1n) is 6.51. The number of hydrogen-bond acceptors (Lipinski definition) is 4. The van der Waals surface area contributed by atoms with Crippen LogP contribution in [0.2, 0.25) is 0 Å². The van der Waals surface area contributed by atoms with Crippen molar-refractivity contribution >= 4 is 5.84 Å². The van der Waals surface area contributed by atoms with Gasteiger partial charge in [0.25, 0.3) is 0 Å². The fourth-order valence-corrected chi connectivity index (χ4v) is 1.89. The van der Waals surface area contributed by atoms with Gasteiger partial charge in [0.05, 0.1) is 18.6 Å². The van der Waals surface area contributed by atoms with Crippen LogP contribution in [0.25, 0.3) is 0 Å². The fourth-order valence-electron chi connectivity index (χ4n) is 1.89. The molecule has 0 atom stereocenters. The van der Waals surface area contributed by atoms with Crippen LogP contribution in [0.5, 0.6) is 5.75 Å². The van der Waals surface area contributed by atoms with Crippen LogP contribution in [0, 0.1) is 12.3 Å². The lowest BCUT2D eigenvalue weighted by molar-refractivity contribution is 0.216. The summed E-state index contributed by atoms with van der Waals surface area (Å²) in [6.45, 7) is 7.73. The summed E-state index contributed by atoms with van der Waals surface area (Å²) in [4.78, 5) is 6.78. The number of aromatic nitrogens is 1. The molecule has 0 saturated heterocycles. The summed E-state index contributed by atoms with van der Waals surface area (Å²) in [5.74, 6) is 1.05. The van der Waals surface area contributed by atoms with Gasteiger partial charge in [0.1, 0.15) is 5.75 Å². The molecule has 0 aliphatic rings. The molecule has 0 bridgehead atoms. The Labute approximate surface area is 115 Å². The van der Waals surface area contributed by atoms with Crippen LogP contribution in [-0.4, -0.2) is 35.4 Å². The molecule has 5 nitrogen and oxygen atoms in total. The van der Waals surface area contributed by atoms with Crippen molar-refractivity contribution in [2.75, 3.05) is 13.7 Å². The van der Waals surface area contributed by atoms with E-state index in [1.54, 1.807) is 7.11 Å². The van der Waals surface area contributed by atoms with Crippen molar-refractivity contribution in [2.24, 2.45) is 5.73 Å². The standard InChI is InChI=1S/C14H24N4O/c1-10(2)18(6-5-14(15)16)9-12-8-13(19-4)7-11(3)17-12/h7-8,10H,5-6,9H2,1-4H3,(H3,15,16). The van der Waals surface area contributed by atoms with Gasteiger partial charge >= 0.3 is 0 Å². The summed E-state index contributed by atoms with van der Waals surface area (Å²) in [5, 5.41) is 7.32. The van der Waals surface area contributed by atoms with E-state index in [0.29, 0.717) is 12.5 Å². The van der Waals surface area contributed by atoms with E-state index >= 15 is 0 Å². The number of hydrogen-bond donors (Lipinski definition) is 2. The number of nitrogens with zero attached hydrogens (tertiary/aromatic N) is 2. The number of aryl methyl sites for hydroxylation is 1. The maximum Gasteiger partial charge on any atom is 0.122 e. The zero-order valence-electron chi connectivity index (χ0n) is 12.2. The Morgan fingerprint density at radius 1 is 1.47 bits per heavy atom. The smallest absolute Gasteiger partial charge is 0.122 e. The van der Waals surface area contributed by atoms with Crippen molar-refractivity contribution in [1.82, 2.24) is 9.88 Å². The van der Waals surface area contributed by atoms with E-state index in [9.17, 15) is 0 Å². The molecule has 0 amide bonds. The second kappa shape index (κ2) is 7.09. The molecule has 0 aliphatic carbocycles. The average Bonchev–Trinajstić information content (AvgIpc) is 2.33. The zero-order valence-corrected chi connectivity index (χ0v) is 12.2. The van der Waals surface area contributed by atoms with E-state index < -0.39 is 0 Å². The minimum absolute atomic E-state index is 0.223. The molecule has 3 N–H and O–H groups in total. The third kappa shape index (κ3) is 5.26. The van der Waals surface area contributed by atoms with Gasteiger partial charge in [0.2, 0.25) is 0 Å². The Morgan fingerprint density at radius 2 is 2.16 bits per heavy atom. The zero-order chi connectivity index (χ0) is 14.4. The first kappa shape index (κ1) is 15.4. The van der Waals surface area contributed by atoms with Gasteiger partial charge in [-0.25, -0.2) is 0 Å². The van der Waals surface area contributed by atoms with Gasteiger partial charge in [-0.1, -0.05) is 0 Å². The lowest BCUT2D eigenvalue weighted by Gasteiger charge is -2.26. The van der Waals surface area contributed by atoms with Crippen molar-refractivity contribution in [3.8, 4) is 5.75 Å². The number of rotatable bonds is 7. The fraction of sp³-hybridized carbons (Fsp3) is 0.571. The minimum atomic E-state index is 0.223. The summed E-state index contributed by atoms with van der Waals surface area (Å²) in [5.41, 5.74) is 7.35. The van der Waals surface area contributed by atoms with Crippen molar-refractivity contribution in [3.05, 3.63) is 23.5 Å². The van der Waals surface area contributed by atoms with Gasteiger partial charge < -0.3 is 10.5 Å². The summed E-state index contributed by atoms with van der Waals surface area (Å²) in [6.07, 6.45) is 0.584. The van der Waals surface area contributed by atoms with Crippen LogP contribution >= 0.6 is 0 Å². The summed E-state index contributed by atoms with van der Waals surface area (Å²) in [6, 6.07) is 4.25. The molecular formula is C14H24N4O. The number of pyridine rings is 1. The van der Waals surface area contributed by atoms with Gasteiger partial charge in [-0.15, -0.1) is 0 Å². The molecule has 0 spiro atoms. The Kier molecular flexibility index (Phi) is 5.76. The first-order valence-corrected chi connectivity index (χ1v) is 6.51. The van der Waals surface area contributed by atoms with Crippen molar-refractivity contribution in [2.45, 2.75) is 39.8 Å². The molecule has 0 unspecified atom stereocenters. The van der Waals surface area contributed by atoms with Gasteiger partial charge in [0, 0.05) is 43.4 Å². The van der Waals surface area contributed by atoms with Crippen molar-refractivity contribution < 1.29 is 4.74 Å². The lowest BCUT2D eigenvalue weighted by Crippen LogP contribution is -2.33. The maximum absolute atomic E-state index is 7.32. The van der Waals surface area contributed by atoms with Gasteiger partial charge in [-0.2, -0.15) is 0 Å². The Morgan fingerprint density at radius 3 is 2.68 bits per heavy atom. The molecule has 0 saturated carbocycles. The number of nitrogens with one attached hydrogen (secondary N) is 1. The molecule has 0 aromatic carbocycles. The third-order valence-electron chi connectivity index (χ3n) is 2.98. The number of nitrogens with two attached hydrogens (primary N) is 1. The van der Waals surface area contributed by atoms with E-state index in [1.807, 2.05) is 19.1 Å². The van der Waals surface area contributed by atoms with E-state index in [4.69, 9.17) is 15.9 Å². The normalized spacial score (nSPS) is 11.1. The Bertz CT molecular complexity index is 431. The predicted molar refractivity (Wildman–Crippen MR) is 77.6 cm³/mol. The van der Waals surface area contributed by atoms with Gasteiger partial charge in [0.15, 0.2) is 0 Å². The molecule has 0 aliphatic heterocycles. The molecule has 1 aromatic rings. The number of ether oxygens (including phenoxy) is 1. The average molecular weight is 264 g/mol. The molecule has 0 fully saturated rings. The van der Waals surface area contributed by atoms with Crippen LogP contribution in [0.4, 0.5) is 0 Å². The Balaban J connectivity index is 2.78. The SMILES string of the molecule is COc1cc(C)nc(CN(CCC(=N)N)C(C)C)c1. The van der Waals surface area contributed by atoms with Gasteiger partial charge in [-0.3, -0.25) is 15.3 Å². The van der Waals surface area contributed by atoms with E-state index in [2.05, 4.69) is 23.7 Å². The largest absolute Gasteiger partial charge is 0.497 e. The van der Waals surface area contributed by atoms with E-state index in [0.717, 1.165) is 30.2 Å². The van der Waals surface area contributed by atoms with E-state index in [1.165, 1.54) is 0 Å². The minimum Gasteiger partial charge on any atom is -0.497 e. The predicted octanol–water partition coefficient (Wildman–Crippen LogP) is 1.94. The molecule has 5 heteroatoms. The second-order valence-electron chi connectivity index (χ2n) is 4.98. The Hall–Kier alpha value is -1.62. The molecule has 1 heterocycles. The first-order chi connectivity index (χ1) is 8.92. The molecule has 1 aromatic heterocycles. The van der Waals surface area contributed by atoms with Gasteiger partial charge in [-0.05, 0) is 20.8 Å².